The second-order valence-electron chi connectivity index (χ2n) is 5.31. The topological polar surface area (TPSA) is 58.5 Å². The van der Waals surface area contributed by atoms with E-state index in [0.29, 0.717) is 13.2 Å². The Bertz CT molecular complexity index is 654. The second-order valence-corrected chi connectivity index (χ2v) is 6.37. The summed E-state index contributed by atoms with van der Waals surface area (Å²) in [6.45, 7) is 9.02. The lowest BCUT2D eigenvalue weighted by Crippen LogP contribution is -2.38. The minimum atomic E-state index is 0.617. The van der Waals surface area contributed by atoms with Crippen LogP contribution >= 0.6 is 11.3 Å². The SMILES string of the molecule is CCNC(=NCc1cccc(OCC)c1)NCCc1csc(C)n1. The standard InChI is InChI=1S/C18H26N4OS/c1-4-19-18(20-10-9-16-13-24-14(3)22-16)21-12-15-7-6-8-17(11-15)23-5-2/h6-8,11,13H,4-5,9-10,12H2,1-3H3,(H2,19,20,21). The van der Waals surface area contributed by atoms with Gasteiger partial charge in [-0.1, -0.05) is 12.1 Å². The second kappa shape index (κ2) is 9.93. The predicted molar refractivity (Wildman–Crippen MR) is 101 cm³/mol. The van der Waals surface area contributed by atoms with Crippen LogP contribution in [-0.4, -0.2) is 30.6 Å². The lowest BCUT2D eigenvalue weighted by atomic mass is 10.2. The molecule has 0 aliphatic rings. The molecular formula is C18H26N4OS. The van der Waals surface area contributed by atoms with Gasteiger partial charge in [0.1, 0.15) is 5.75 Å². The number of thiazole rings is 1. The van der Waals surface area contributed by atoms with Crippen LogP contribution in [-0.2, 0) is 13.0 Å². The zero-order valence-electron chi connectivity index (χ0n) is 14.6. The predicted octanol–water partition coefficient (Wildman–Crippen LogP) is 3.15. The number of nitrogens with zero attached hydrogens (tertiary/aromatic N) is 2. The highest BCUT2D eigenvalue weighted by molar-refractivity contribution is 7.09. The van der Waals surface area contributed by atoms with Gasteiger partial charge < -0.3 is 15.4 Å². The molecule has 2 aromatic rings. The Morgan fingerprint density at radius 3 is 2.88 bits per heavy atom. The highest BCUT2D eigenvalue weighted by Gasteiger charge is 2.01. The molecule has 0 atom stereocenters. The van der Waals surface area contributed by atoms with Gasteiger partial charge in [-0.25, -0.2) is 9.98 Å². The molecule has 0 amide bonds. The number of benzene rings is 1. The largest absolute Gasteiger partial charge is 0.494 e. The van der Waals surface area contributed by atoms with Crippen molar-refractivity contribution in [3.8, 4) is 5.75 Å². The molecule has 2 rings (SSSR count). The van der Waals surface area contributed by atoms with E-state index in [1.807, 2.05) is 32.0 Å². The molecule has 0 bridgehead atoms. The van der Waals surface area contributed by atoms with E-state index in [9.17, 15) is 0 Å². The highest BCUT2D eigenvalue weighted by atomic mass is 32.1. The molecule has 0 saturated carbocycles. The molecule has 0 fully saturated rings. The van der Waals surface area contributed by atoms with Crippen LogP contribution in [0.3, 0.4) is 0 Å². The molecule has 1 heterocycles. The fraction of sp³-hybridized carbons (Fsp3) is 0.444. The average molecular weight is 347 g/mol. The monoisotopic (exact) mass is 346 g/mol. The summed E-state index contributed by atoms with van der Waals surface area (Å²) in [6, 6.07) is 8.07. The maximum absolute atomic E-state index is 5.53. The summed E-state index contributed by atoms with van der Waals surface area (Å²) in [4.78, 5) is 9.12. The number of hydrogen-bond donors (Lipinski definition) is 2. The van der Waals surface area contributed by atoms with Gasteiger partial charge in [-0.05, 0) is 38.5 Å². The Morgan fingerprint density at radius 1 is 1.29 bits per heavy atom. The first kappa shape index (κ1) is 18.3. The zero-order valence-corrected chi connectivity index (χ0v) is 15.4. The normalized spacial score (nSPS) is 11.4. The van der Waals surface area contributed by atoms with Crippen LogP contribution < -0.4 is 15.4 Å². The Labute approximate surface area is 148 Å². The molecule has 1 aromatic heterocycles. The third-order valence-electron chi connectivity index (χ3n) is 3.31. The Balaban J connectivity index is 1.88. The van der Waals surface area contributed by atoms with Crippen LogP contribution in [0.15, 0.2) is 34.6 Å². The molecular weight excluding hydrogens is 320 g/mol. The lowest BCUT2D eigenvalue weighted by molar-refractivity contribution is 0.340. The van der Waals surface area contributed by atoms with Gasteiger partial charge in [-0.15, -0.1) is 11.3 Å². The van der Waals surface area contributed by atoms with Crippen molar-refractivity contribution < 1.29 is 4.74 Å². The minimum Gasteiger partial charge on any atom is -0.494 e. The fourth-order valence-electron chi connectivity index (χ4n) is 2.24. The molecule has 0 spiro atoms. The van der Waals surface area contributed by atoms with Gasteiger partial charge in [-0.3, -0.25) is 0 Å². The summed E-state index contributed by atoms with van der Waals surface area (Å²) in [5.41, 5.74) is 2.26. The molecule has 0 unspecified atom stereocenters. The van der Waals surface area contributed by atoms with Crippen LogP contribution in [0.2, 0.25) is 0 Å². The van der Waals surface area contributed by atoms with Crippen LogP contribution in [0.1, 0.15) is 30.1 Å². The lowest BCUT2D eigenvalue weighted by Gasteiger charge is -2.11. The highest BCUT2D eigenvalue weighted by Crippen LogP contribution is 2.14. The van der Waals surface area contributed by atoms with Gasteiger partial charge in [-0.2, -0.15) is 0 Å². The van der Waals surface area contributed by atoms with Crippen molar-refractivity contribution in [1.82, 2.24) is 15.6 Å². The number of aliphatic imine (C=N–C) groups is 1. The van der Waals surface area contributed by atoms with Crippen molar-refractivity contribution in [2.24, 2.45) is 4.99 Å². The molecule has 24 heavy (non-hydrogen) atoms. The van der Waals surface area contributed by atoms with Gasteiger partial charge in [0.2, 0.25) is 0 Å². The van der Waals surface area contributed by atoms with E-state index < -0.39 is 0 Å². The van der Waals surface area contributed by atoms with Crippen LogP contribution in [0.5, 0.6) is 5.75 Å². The van der Waals surface area contributed by atoms with Gasteiger partial charge in [0.15, 0.2) is 5.96 Å². The molecule has 1 aromatic carbocycles. The maximum Gasteiger partial charge on any atom is 0.191 e. The van der Waals surface area contributed by atoms with Crippen molar-refractivity contribution in [1.29, 1.82) is 0 Å². The third-order valence-corrected chi connectivity index (χ3v) is 4.14. The fourth-order valence-corrected chi connectivity index (χ4v) is 2.89. The first-order valence-electron chi connectivity index (χ1n) is 8.36. The molecule has 0 aliphatic heterocycles. The molecule has 5 nitrogen and oxygen atoms in total. The number of aromatic nitrogens is 1. The number of aryl methyl sites for hydroxylation is 1. The van der Waals surface area contributed by atoms with E-state index in [2.05, 4.69) is 39.0 Å². The minimum absolute atomic E-state index is 0.617. The maximum atomic E-state index is 5.53. The quantitative estimate of drug-likeness (QED) is 0.569. The van der Waals surface area contributed by atoms with Gasteiger partial charge in [0, 0.05) is 24.9 Å². The Hall–Kier alpha value is -2.08. The van der Waals surface area contributed by atoms with Crippen LogP contribution in [0.25, 0.3) is 0 Å². The first-order valence-corrected chi connectivity index (χ1v) is 9.24. The molecule has 0 saturated heterocycles. The number of rotatable bonds is 8. The van der Waals surface area contributed by atoms with E-state index in [4.69, 9.17) is 4.74 Å². The van der Waals surface area contributed by atoms with Crippen molar-refractivity contribution in [2.45, 2.75) is 33.7 Å². The molecule has 2 N–H and O–H groups in total. The average Bonchev–Trinajstić information content (AvgIpc) is 2.99. The van der Waals surface area contributed by atoms with E-state index in [1.165, 1.54) is 0 Å². The summed E-state index contributed by atoms with van der Waals surface area (Å²) < 4.78 is 5.53. The molecule has 6 heteroatoms. The summed E-state index contributed by atoms with van der Waals surface area (Å²) in [5.74, 6) is 1.72. The van der Waals surface area contributed by atoms with E-state index in [-0.39, 0.29) is 0 Å². The van der Waals surface area contributed by atoms with Crippen molar-refractivity contribution in [3.05, 3.63) is 45.9 Å². The van der Waals surface area contributed by atoms with Gasteiger partial charge in [0.05, 0.1) is 23.9 Å². The Kier molecular flexibility index (Phi) is 7.55. The van der Waals surface area contributed by atoms with Gasteiger partial charge in [0.25, 0.3) is 0 Å². The Morgan fingerprint density at radius 2 is 2.17 bits per heavy atom. The van der Waals surface area contributed by atoms with E-state index in [0.717, 1.165) is 47.5 Å². The number of nitrogens with one attached hydrogen (secondary N) is 2. The first-order chi connectivity index (χ1) is 11.7. The molecule has 0 aliphatic carbocycles. The summed E-state index contributed by atoms with van der Waals surface area (Å²) in [5, 5.41) is 9.86. The smallest absolute Gasteiger partial charge is 0.191 e. The number of guanidine groups is 1. The van der Waals surface area contributed by atoms with Gasteiger partial charge >= 0.3 is 0 Å². The van der Waals surface area contributed by atoms with E-state index >= 15 is 0 Å². The van der Waals surface area contributed by atoms with Crippen molar-refractivity contribution in [3.63, 3.8) is 0 Å². The molecule has 130 valence electrons. The summed E-state index contributed by atoms with van der Waals surface area (Å²) >= 11 is 1.69. The summed E-state index contributed by atoms with van der Waals surface area (Å²) in [6.07, 6.45) is 0.897. The van der Waals surface area contributed by atoms with Crippen LogP contribution in [0, 0.1) is 6.92 Å². The van der Waals surface area contributed by atoms with Crippen molar-refractivity contribution >= 4 is 17.3 Å². The number of ether oxygens (including phenoxy) is 1. The third kappa shape index (κ3) is 6.20. The van der Waals surface area contributed by atoms with Crippen molar-refractivity contribution in [2.75, 3.05) is 19.7 Å². The van der Waals surface area contributed by atoms with E-state index in [1.54, 1.807) is 11.3 Å². The number of hydrogen-bond acceptors (Lipinski definition) is 4. The molecule has 0 radical (unpaired) electrons. The van der Waals surface area contributed by atoms with Crippen LogP contribution in [0.4, 0.5) is 0 Å². The summed E-state index contributed by atoms with van der Waals surface area (Å²) in [7, 11) is 0. The zero-order chi connectivity index (χ0) is 17.2.